The minimum atomic E-state index is -0.421. The Morgan fingerprint density at radius 2 is 2.08 bits per heavy atom. The number of aliphatic hydroxyl groups is 1. The summed E-state index contributed by atoms with van der Waals surface area (Å²) in [6.45, 7) is 4.67. The third-order valence-corrected chi connectivity index (χ3v) is 7.98. The number of aromatic nitrogens is 3. The van der Waals surface area contributed by atoms with Crippen LogP contribution < -0.4 is 5.32 Å². The average Bonchev–Trinajstić information content (AvgIpc) is 3.45. The predicted molar refractivity (Wildman–Crippen MR) is 145 cm³/mol. The quantitative estimate of drug-likeness (QED) is 0.305. The Morgan fingerprint density at radius 3 is 2.79 bits per heavy atom. The van der Waals surface area contributed by atoms with Crippen molar-refractivity contribution >= 4 is 39.8 Å². The summed E-state index contributed by atoms with van der Waals surface area (Å²) in [6.07, 6.45) is 3.47. The molecule has 0 aliphatic carbocycles. The zero-order valence-electron chi connectivity index (χ0n) is 21.2. The van der Waals surface area contributed by atoms with Gasteiger partial charge < -0.3 is 24.6 Å². The third-order valence-electron chi connectivity index (χ3n) is 6.69. The van der Waals surface area contributed by atoms with Crippen molar-refractivity contribution in [2.24, 2.45) is 0 Å². The molecule has 0 spiro atoms. The summed E-state index contributed by atoms with van der Waals surface area (Å²) in [5, 5.41) is 14.2. The van der Waals surface area contributed by atoms with Crippen molar-refractivity contribution in [3.05, 3.63) is 81.0 Å². The smallest absolute Gasteiger partial charge is 0.271 e. The standard InChI is InChI=1S/C27H27ClFN5O3S/c1-15-16(2)38-27(31-15)32-25-8-22(23(28)9-30-25)19-7-24-26(36)34(21(14-37-3)12-33(24)10-19)11-18-6-20(29)5-4-17(18)13-35/h4-10,21,35H,11-14H2,1-3H3,(H,30,31,32). The number of carbonyl (C=O) groups excluding carboxylic acids is 1. The van der Waals surface area contributed by atoms with Crippen molar-refractivity contribution in [1.82, 2.24) is 19.4 Å². The van der Waals surface area contributed by atoms with Gasteiger partial charge in [-0.1, -0.05) is 17.7 Å². The van der Waals surface area contributed by atoms with E-state index in [0.717, 1.165) is 26.8 Å². The van der Waals surface area contributed by atoms with E-state index < -0.39 is 5.82 Å². The highest BCUT2D eigenvalue weighted by Gasteiger charge is 2.34. The van der Waals surface area contributed by atoms with E-state index in [1.807, 2.05) is 30.7 Å². The van der Waals surface area contributed by atoms with Gasteiger partial charge in [-0.25, -0.2) is 14.4 Å². The fourth-order valence-electron chi connectivity index (χ4n) is 4.61. The summed E-state index contributed by atoms with van der Waals surface area (Å²) < 4.78 is 21.3. The molecule has 0 saturated heterocycles. The van der Waals surface area contributed by atoms with Gasteiger partial charge in [-0.2, -0.15) is 0 Å². The number of benzene rings is 1. The van der Waals surface area contributed by atoms with Gasteiger partial charge in [0.05, 0.1) is 30.0 Å². The van der Waals surface area contributed by atoms with Crippen LogP contribution >= 0.6 is 22.9 Å². The second-order valence-electron chi connectivity index (χ2n) is 9.21. The lowest BCUT2D eigenvalue weighted by atomic mass is 10.0. The molecule has 1 aliphatic heterocycles. The first kappa shape index (κ1) is 26.3. The van der Waals surface area contributed by atoms with E-state index in [0.29, 0.717) is 40.8 Å². The molecule has 8 nitrogen and oxygen atoms in total. The van der Waals surface area contributed by atoms with E-state index in [2.05, 4.69) is 15.3 Å². The normalized spacial score (nSPS) is 15.2. The maximum absolute atomic E-state index is 14.0. The molecule has 1 aromatic carbocycles. The van der Waals surface area contributed by atoms with Gasteiger partial charge in [-0.15, -0.1) is 11.3 Å². The Balaban J connectivity index is 1.47. The van der Waals surface area contributed by atoms with Gasteiger partial charge in [0.15, 0.2) is 5.13 Å². The number of ether oxygens (including phenoxy) is 1. The maximum Gasteiger partial charge on any atom is 0.271 e. The van der Waals surface area contributed by atoms with Crippen LogP contribution in [0.2, 0.25) is 5.02 Å². The van der Waals surface area contributed by atoms with Crippen molar-refractivity contribution in [3.63, 3.8) is 0 Å². The van der Waals surface area contributed by atoms with E-state index in [1.165, 1.54) is 18.2 Å². The number of halogens is 2. The number of hydrogen-bond donors (Lipinski definition) is 2. The van der Waals surface area contributed by atoms with Crippen LogP contribution in [0.1, 0.15) is 32.2 Å². The van der Waals surface area contributed by atoms with Gasteiger partial charge in [0.2, 0.25) is 0 Å². The average molecular weight is 556 g/mol. The van der Waals surface area contributed by atoms with E-state index in [-0.39, 0.29) is 25.1 Å². The Hall–Kier alpha value is -3.31. The Bertz CT molecular complexity index is 1480. The number of nitrogens with one attached hydrogen (secondary N) is 1. The molecule has 3 aromatic heterocycles. The van der Waals surface area contributed by atoms with Crippen molar-refractivity contribution in [2.45, 2.75) is 39.6 Å². The molecule has 5 rings (SSSR count). The van der Waals surface area contributed by atoms with Crippen molar-refractivity contribution in [3.8, 4) is 11.1 Å². The number of amides is 1. The molecule has 1 amide bonds. The molecule has 38 heavy (non-hydrogen) atoms. The second-order valence-corrected chi connectivity index (χ2v) is 10.8. The molecule has 0 fully saturated rings. The topological polar surface area (TPSA) is 92.5 Å². The fourth-order valence-corrected chi connectivity index (χ4v) is 5.64. The van der Waals surface area contributed by atoms with Crippen molar-refractivity contribution in [2.75, 3.05) is 19.0 Å². The Labute approximate surface area is 228 Å². The minimum Gasteiger partial charge on any atom is -0.392 e. The maximum atomic E-state index is 14.0. The number of aryl methyl sites for hydroxylation is 2. The number of pyridine rings is 1. The molecule has 0 saturated carbocycles. The summed E-state index contributed by atoms with van der Waals surface area (Å²) in [6, 6.07) is 7.56. The lowest BCUT2D eigenvalue weighted by molar-refractivity contribution is 0.0386. The summed E-state index contributed by atoms with van der Waals surface area (Å²) in [5.74, 6) is -0.0411. The predicted octanol–water partition coefficient (Wildman–Crippen LogP) is 5.32. The van der Waals surface area contributed by atoms with Gasteiger partial charge in [0.1, 0.15) is 17.3 Å². The van der Waals surface area contributed by atoms with Crippen molar-refractivity contribution < 1.29 is 19.0 Å². The van der Waals surface area contributed by atoms with Crippen LogP contribution in [0, 0.1) is 19.7 Å². The monoisotopic (exact) mass is 555 g/mol. The van der Waals surface area contributed by atoms with E-state index in [1.54, 1.807) is 35.6 Å². The first-order valence-electron chi connectivity index (χ1n) is 12.0. The number of anilines is 2. The zero-order valence-corrected chi connectivity index (χ0v) is 22.7. The fraction of sp³-hybridized carbons (Fsp3) is 0.296. The lowest BCUT2D eigenvalue weighted by Gasteiger charge is -2.36. The lowest BCUT2D eigenvalue weighted by Crippen LogP contribution is -2.49. The molecule has 0 bridgehead atoms. The van der Waals surface area contributed by atoms with Gasteiger partial charge in [0, 0.05) is 48.6 Å². The highest BCUT2D eigenvalue weighted by atomic mass is 35.5. The number of rotatable bonds is 8. The summed E-state index contributed by atoms with van der Waals surface area (Å²) in [7, 11) is 1.58. The molecular formula is C27H27ClFN5O3S. The molecule has 1 atom stereocenters. The highest BCUT2D eigenvalue weighted by Crippen LogP contribution is 2.34. The van der Waals surface area contributed by atoms with Crippen molar-refractivity contribution in [1.29, 1.82) is 0 Å². The van der Waals surface area contributed by atoms with Crippen LogP contribution in [-0.2, 0) is 24.4 Å². The van der Waals surface area contributed by atoms with E-state index in [9.17, 15) is 14.3 Å². The number of carbonyl (C=O) groups is 1. The number of aliphatic hydroxyl groups excluding tert-OH is 1. The van der Waals surface area contributed by atoms with E-state index in [4.69, 9.17) is 16.3 Å². The molecule has 1 unspecified atom stereocenters. The van der Waals surface area contributed by atoms with Gasteiger partial charge >= 0.3 is 0 Å². The first-order valence-corrected chi connectivity index (χ1v) is 13.2. The number of hydrogen-bond acceptors (Lipinski definition) is 7. The zero-order chi connectivity index (χ0) is 27.0. The first-order chi connectivity index (χ1) is 18.3. The van der Waals surface area contributed by atoms with Crippen LogP contribution in [-0.4, -0.2) is 50.2 Å². The number of methoxy groups -OCH3 is 1. The molecule has 0 radical (unpaired) electrons. The molecule has 198 valence electrons. The molecule has 1 aliphatic rings. The number of nitrogens with zero attached hydrogens (tertiary/aromatic N) is 4. The number of fused-ring (bicyclic) bond motifs is 1. The second kappa shape index (κ2) is 10.8. The van der Waals surface area contributed by atoms with E-state index >= 15 is 0 Å². The van der Waals surface area contributed by atoms with Crippen LogP contribution in [0.3, 0.4) is 0 Å². The molecular weight excluding hydrogens is 529 g/mol. The van der Waals surface area contributed by atoms with Gasteiger partial charge in [-0.05, 0) is 49.2 Å². The minimum absolute atomic E-state index is 0.151. The number of thiazole rings is 1. The molecule has 2 N–H and O–H groups in total. The van der Waals surface area contributed by atoms with Crippen LogP contribution in [0.4, 0.5) is 15.3 Å². The molecule has 4 heterocycles. The summed E-state index contributed by atoms with van der Waals surface area (Å²) in [4.78, 5) is 25.4. The Morgan fingerprint density at radius 1 is 1.26 bits per heavy atom. The third kappa shape index (κ3) is 5.17. The molecule has 11 heteroatoms. The van der Waals surface area contributed by atoms with Gasteiger partial charge in [-0.3, -0.25) is 4.79 Å². The summed E-state index contributed by atoms with van der Waals surface area (Å²) >= 11 is 8.08. The van der Waals surface area contributed by atoms with Crippen LogP contribution in [0.15, 0.2) is 42.7 Å². The SMILES string of the molecule is COCC1Cn2cc(-c3cc(Nc4nc(C)c(C)s4)ncc3Cl)cc2C(=O)N1Cc1cc(F)ccc1CO. The van der Waals surface area contributed by atoms with Gasteiger partial charge in [0.25, 0.3) is 5.91 Å². The van der Waals surface area contributed by atoms with Crippen LogP contribution in [0.25, 0.3) is 11.1 Å². The summed E-state index contributed by atoms with van der Waals surface area (Å²) in [5.41, 5.74) is 4.09. The molecule has 4 aromatic rings. The Kier molecular flexibility index (Phi) is 7.49. The van der Waals surface area contributed by atoms with Crippen LogP contribution in [0.5, 0.6) is 0 Å². The largest absolute Gasteiger partial charge is 0.392 e. The highest BCUT2D eigenvalue weighted by molar-refractivity contribution is 7.15.